The summed E-state index contributed by atoms with van der Waals surface area (Å²) < 4.78 is 19.2. The van der Waals surface area contributed by atoms with Crippen molar-refractivity contribution in [3.63, 3.8) is 0 Å². The Labute approximate surface area is 102 Å². The maximum atomic E-state index is 6.00. The minimum absolute atomic E-state index is 0.734. The van der Waals surface area contributed by atoms with E-state index < -0.39 is 14.3 Å². The van der Waals surface area contributed by atoms with E-state index in [-0.39, 0.29) is 0 Å². The van der Waals surface area contributed by atoms with Crippen LogP contribution in [-0.4, -0.2) is 58.6 Å². The summed E-state index contributed by atoms with van der Waals surface area (Å²) in [6.07, 6.45) is 0. The summed E-state index contributed by atoms with van der Waals surface area (Å²) in [5.41, 5.74) is 0. The molecule has 6 heteroatoms. The van der Waals surface area contributed by atoms with Crippen LogP contribution in [0.4, 0.5) is 0 Å². The molecule has 4 rings (SSSR count). The zero-order valence-electron chi connectivity index (χ0n) is 9.05. The normalized spacial score (nSPS) is 35.4. The number of thiophene rings is 1. The number of hydrogen-bond donors (Lipinski definition) is 0. The van der Waals surface area contributed by atoms with E-state index in [9.17, 15) is 0 Å². The first-order chi connectivity index (χ1) is 7.89. The van der Waals surface area contributed by atoms with Crippen LogP contribution in [-0.2, 0) is 11.3 Å². The molecule has 0 amide bonds. The van der Waals surface area contributed by atoms with Crippen LogP contribution >= 0.6 is 11.3 Å². The third-order valence-corrected chi connectivity index (χ3v) is 10.9. The first-order valence-electron chi connectivity index (χ1n) is 5.57. The van der Waals surface area contributed by atoms with Gasteiger partial charge in [-0.1, -0.05) is 0 Å². The molecular weight excluding hydrogens is 287 g/mol. The monoisotopic (exact) mass is 303 g/mol. The number of fused-ring (bicyclic) bond motifs is 6. The molecule has 0 atom stereocenters. The molecule has 0 aromatic carbocycles. The molecular formula is C10H15GeNO3S. The zero-order valence-corrected chi connectivity index (χ0v) is 12.0. The van der Waals surface area contributed by atoms with E-state index >= 15 is 0 Å². The molecule has 3 fully saturated rings. The summed E-state index contributed by atoms with van der Waals surface area (Å²) >= 11 is -1.43. The second-order valence-electron chi connectivity index (χ2n) is 3.92. The Balaban J connectivity index is 1.90. The minimum atomic E-state index is -3.12. The van der Waals surface area contributed by atoms with E-state index in [1.54, 1.807) is 11.3 Å². The Morgan fingerprint density at radius 1 is 1.06 bits per heavy atom. The molecule has 0 radical (unpaired) electrons. The van der Waals surface area contributed by atoms with Crippen LogP contribution in [0.1, 0.15) is 0 Å². The van der Waals surface area contributed by atoms with Gasteiger partial charge in [0.2, 0.25) is 0 Å². The maximum absolute atomic E-state index is 6.00. The van der Waals surface area contributed by atoms with Crippen LogP contribution < -0.4 is 3.71 Å². The van der Waals surface area contributed by atoms with Gasteiger partial charge < -0.3 is 0 Å². The number of nitrogens with zero attached hydrogens (tertiary/aromatic N) is 1. The van der Waals surface area contributed by atoms with Crippen molar-refractivity contribution in [1.82, 2.24) is 4.90 Å². The van der Waals surface area contributed by atoms with E-state index in [2.05, 4.69) is 16.3 Å². The van der Waals surface area contributed by atoms with Crippen molar-refractivity contribution in [2.24, 2.45) is 0 Å². The van der Waals surface area contributed by atoms with E-state index in [1.807, 2.05) is 6.07 Å². The quantitative estimate of drug-likeness (QED) is 0.697. The molecule has 3 saturated heterocycles. The standard InChI is InChI=1S/C10H15GeNO3S/c1-2-10(16-9-1)11-13-6-3-12(4-7-14-11)5-8-15-11/h1-2,9H,3-8H2. The van der Waals surface area contributed by atoms with E-state index in [0.717, 1.165) is 39.5 Å². The number of rotatable bonds is 1. The molecule has 0 N–H and O–H groups in total. The van der Waals surface area contributed by atoms with Gasteiger partial charge in [0.25, 0.3) is 0 Å². The molecule has 88 valence electrons. The van der Waals surface area contributed by atoms with Gasteiger partial charge in [0.05, 0.1) is 0 Å². The van der Waals surface area contributed by atoms with E-state index in [0.29, 0.717) is 0 Å². The second-order valence-corrected chi connectivity index (χ2v) is 10.9. The van der Waals surface area contributed by atoms with Crippen LogP contribution in [0.15, 0.2) is 17.5 Å². The fourth-order valence-electron chi connectivity index (χ4n) is 2.05. The molecule has 1 aromatic rings. The fraction of sp³-hybridized carbons (Fsp3) is 0.600. The summed E-state index contributed by atoms with van der Waals surface area (Å²) in [6.45, 7) is 5.22. The van der Waals surface area contributed by atoms with Crippen LogP contribution in [0.3, 0.4) is 0 Å². The average Bonchev–Trinajstić information content (AvgIpc) is 2.68. The molecule has 4 nitrogen and oxygen atoms in total. The third-order valence-electron chi connectivity index (χ3n) is 2.92. The van der Waals surface area contributed by atoms with Crippen molar-refractivity contribution in [3.8, 4) is 0 Å². The molecule has 0 saturated carbocycles. The summed E-state index contributed by atoms with van der Waals surface area (Å²) in [5.74, 6) is 0. The molecule has 3 aliphatic heterocycles. The molecule has 0 aliphatic carbocycles. The van der Waals surface area contributed by atoms with Gasteiger partial charge >= 0.3 is 102 Å². The molecule has 4 heterocycles. The number of hydrogen-bond acceptors (Lipinski definition) is 5. The first-order valence-corrected chi connectivity index (χ1v) is 10.1. The van der Waals surface area contributed by atoms with Gasteiger partial charge in [-0.3, -0.25) is 0 Å². The summed E-state index contributed by atoms with van der Waals surface area (Å²) in [7, 11) is 0. The Hall–Kier alpha value is 0.0829. The molecule has 2 bridgehead atoms. The average molecular weight is 302 g/mol. The van der Waals surface area contributed by atoms with Crippen molar-refractivity contribution in [3.05, 3.63) is 17.5 Å². The van der Waals surface area contributed by atoms with Gasteiger partial charge in [-0.05, 0) is 0 Å². The molecule has 3 aliphatic rings. The van der Waals surface area contributed by atoms with Crippen molar-refractivity contribution < 1.29 is 11.3 Å². The van der Waals surface area contributed by atoms with Gasteiger partial charge in [-0.15, -0.1) is 0 Å². The van der Waals surface area contributed by atoms with Crippen LogP contribution in [0, 0.1) is 0 Å². The van der Waals surface area contributed by atoms with E-state index in [1.165, 1.54) is 3.71 Å². The van der Waals surface area contributed by atoms with Gasteiger partial charge in [0.15, 0.2) is 0 Å². The summed E-state index contributed by atoms with van der Waals surface area (Å²) in [5, 5.41) is 2.06. The SMILES string of the molecule is c1cs[c]([Ge]23[O]CCN(CC[O]2)CC[O]3)c1. The molecule has 0 spiro atoms. The first kappa shape index (κ1) is 11.2. The topological polar surface area (TPSA) is 30.9 Å². The Morgan fingerprint density at radius 3 is 2.19 bits per heavy atom. The van der Waals surface area contributed by atoms with E-state index in [4.69, 9.17) is 11.3 Å². The predicted molar refractivity (Wildman–Crippen MR) is 64.0 cm³/mol. The van der Waals surface area contributed by atoms with Crippen LogP contribution in [0.5, 0.6) is 0 Å². The third kappa shape index (κ3) is 2.08. The fourth-order valence-corrected chi connectivity index (χ4v) is 9.23. The van der Waals surface area contributed by atoms with Crippen molar-refractivity contribution >= 4 is 29.3 Å². The Bertz CT molecular complexity index is 319. The predicted octanol–water partition coefficient (Wildman–Crippen LogP) is 0.273. The zero-order chi connectivity index (χ0) is 10.8. The molecule has 0 unspecified atom stereocenters. The van der Waals surface area contributed by atoms with Crippen molar-refractivity contribution in [1.29, 1.82) is 0 Å². The Morgan fingerprint density at radius 2 is 1.69 bits per heavy atom. The van der Waals surface area contributed by atoms with Crippen LogP contribution in [0.25, 0.3) is 0 Å². The Kier molecular flexibility index (Phi) is 3.32. The summed E-state index contributed by atoms with van der Waals surface area (Å²) in [4.78, 5) is 2.33. The van der Waals surface area contributed by atoms with Gasteiger partial charge in [-0.25, -0.2) is 0 Å². The van der Waals surface area contributed by atoms with Crippen LogP contribution in [0.2, 0.25) is 0 Å². The van der Waals surface area contributed by atoms with Gasteiger partial charge in [0, 0.05) is 0 Å². The molecule has 16 heavy (non-hydrogen) atoms. The van der Waals surface area contributed by atoms with Gasteiger partial charge in [-0.2, -0.15) is 0 Å². The molecule has 1 aromatic heterocycles. The summed E-state index contributed by atoms with van der Waals surface area (Å²) in [6, 6.07) is 4.13. The van der Waals surface area contributed by atoms with Gasteiger partial charge in [0.1, 0.15) is 0 Å². The second kappa shape index (κ2) is 4.75. The van der Waals surface area contributed by atoms with Crippen molar-refractivity contribution in [2.45, 2.75) is 0 Å². The van der Waals surface area contributed by atoms with Crippen molar-refractivity contribution in [2.75, 3.05) is 39.5 Å².